The Morgan fingerprint density at radius 2 is 1.88 bits per heavy atom. The molecular formula is C14H24N2O. The predicted octanol–water partition coefficient (Wildman–Crippen LogP) is 2.26. The lowest BCUT2D eigenvalue weighted by atomic mass is 9.98. The Morgan fingerprint density at radius 1 is 1.24 bits per heavy atom. The molecule has 1 rings (SSSR count). The Morgan fingerprint density at radius 3 is 2.41 bits per heavy atom. The number of aryl methyl sites for hydroxylation is 2. The Balaban J connectivity index is 2.98. The molecule has 0 aliphatic heterocycles. The van der Waals surface area contributed by atoms with E-state index in [2.05, 4.69) is 30.9 Å². The zero-order chi connectivity index (χ0) is 13.0. The average molecular weight is 236 g/mol. The maximum atomic E-state index is 6.21. The smallest absolute Gasteiger partial charge is 0.122 e. The van der Waals surface area contributed by atoms with Crippen LogP contribution in [0.25, 0.3) is 0 Å². The van der Waals surface area contributed by atoms with Gasteiger partial charge in [0.05, 0.1) is 6.61 Å². The summed E-state index contributed by atoms with van der Waals surface area (Å²) in [5, 5.41) is 0. The Hall–Kier alpha value is -1.06. The van der Waals surface area contributed by atoms with Crippen LogP contribution in [0.2, 0.25) is 0 Å². The molecule has 0 saturated heterocycles. The quantitative estimate of drug-likeness (QED) is 0.852. The Bertz CT molecular complexity index is 375. The average Bonchev–Trinajstić information content (AvgIpc) is 2.22. The van der Waals surface area contributed by atoms with Gasteiger partial charge >= 0.3 is 0 Å². The summed E-state index contributed by atoms with van der Waals surface area (Å²) in [7, 11) is 4.08. The maximum Gasteiger partial charge on any atom is 0.122 e. The van der Waals surface area contributed by atoms with E-state index in [4.69, 9.17) is 10.5 Å². The molecule has 3 heteroatoms. The van der Waals surface area contributed by atoms with Gasteiger partial charge in [-0.2, -0.15) is 0 Å². The first-order chi connectivity index (χ1) is 7.95. The second-order valence-corrected chi connectivity index (χ2v) is 4.78. The minimum atomic E-state index is 0.0550. The lowest BCUT2D eigenvalue weighted by Gasteiger charge is -2.20. The summed E-state index contributed by atoms with van der Waals surface area (Å²) >= 11 is 0. The molecule has 1 unspecified atom stereocenters. The van der Waals surface area contributed by atoms with Crippen molar-refractivity contribution in [3.05, 3.63) is 28.8 Å². The van der Waals surface area contributed by atoms with Crippen molar-refractivity contribution in [3.63, 3.8) is 0 Å². The van der Waals surface area contributed by atoms with Crippen LogP contribution in [0, 0.1) is 13.8 Å². The highest BCUT2D eigenvalue weighted by Crippen LogP contribution is 2.26. The van der Waals surface area contributed by atoms with Gasteiger partial charge in [0.15, 0.2) is 0 Å². The lowest BCUT2D eigenvalue weighted by molar-refractivity contribution is 0.337. The zero-order valence-corrected chi connectivity index (χ0v) is 11.6. The molecule has 0 amide bonds. The molecule has 1 aromatic rings. The van der Waals surface area contributed by atoms with Gasteiger partial charge in [-0.25, -0.2) is 0 Å². The molecule has 2 N–H and O–H groups in total. The summed E-state index contributed by atoms with van der Waals surface area (Å²) in [6, 6.07) is 4.29. The third kappa shape index (κ3) is 3.72. The molecule has 17 heavy (non-hydrogen) atoms. The van der Waals surface area contributed by atoms with Crippen LogP contribution in [0.3, 0.4) is 0 Å². The van der Waals surface area contributed by atoms with Gasteiger partial charge in [0, 0.05) is 12.6 Å². The summed E-state index contributed by atoms with van der Waals surface area (Å²) in [4.78, 5) is 2.11. The maximum absolute atomic E-state index is 6.21. The van der Waals surface area contributed by atoms with Crippen LogP contribution in [0.4, 0.5) is 0 Å². The van der Waals surface area contributed by atoms with Crippen LogP contribution in [0.5, 0.6) is 5.75 Å². The number of nitrogens with two attached hydrogens (primary N) is 1. The van der Waals surface area contributed by atoms with Gasteiger partial charge in [-0.3, -0.25) is 0 Å². The fourth-order valence-electron chi connectivity index (χ4n) is 2.01. The number of nitrogens with zero attached hydrogens (tertiary/aromatic N) is 1. The normalized spacial score (nSPS) is 12.9. The molecule has 0 aromatic heterocycles. The monoisotopic (exact) mass is 236 g/mol. The molecule has 0 aliphatic carbocycles. The van der Waals surface area contributed by atoms with Gasteiger partial charge in [0.2, 0.25) is 0 Å². The van der Waals surface area contributed by atoms with Gasteiger partial charge in [0.1, 0.15) is 5.75 Å². The van der Waals surface area contributed by atoms with E-state index in [0.29, 0.717) is 6.61 Å². The molecule has 0 fully saturated rings. The number of benzene rings is 1. The van der Waals surface area contributed by atoms with E-state index in [1.165, 1.54) is 11.1 Å². The molecule has 1 atom stereocenters. The van der Waals surface area contributed by atoms with Crippen molar-refractivity contribution in [1.29, 1.82) is 0 Å². The zero-order valence-electron chi connectivity index (χ0n) is 11.6. The van der Waals surface area contributed by atoms with E-state index in [9.17, 15) is 0 Å². The molecule has 0 aliphatic rings. The van der Waals surface area contributed by atoms with E-state index < -0.39 is 0 Å². The Labute approximate surface area is 105 Å². The van der Waals surface area contributed by atoms with Crippen molar-refractivity contribution < 1.29 is 4.74 Å². The van der Waals surface area contributed by atoms with Crippen molar-refractivity contribution in [3.8, 4) is 5.75 Å². The van der Waals surface area contributed by atoms with Crippen molar-refractivity contribution in [2.45, 2.75) is 26.8 Å². The first kappa shape index (κ1) is 14.0. The Kier molecular flexibility index (Phi) is 4.97. The highest BCUT2D eigenvalue weighted by Gasteiger charge is 2.12. The number of likely N-dealkylation sites (N-methyl/N-ethyl adjacent to an activating group) is 1. The SMILES string of the molecule is CCOc1cc(C)c(C(N)CN(C)C)cc1C. The minimum absolute atomic E-state index is 0.0550. The topological polar surface area (TPSA) is 38.5 Å². The highest BCUT2D eigenvalue weighted by molar-refractivity contribution is 5.42. The predicted molar refractivity (Wildman–Crippen MR) is 72.6 cm³/mol. The third-order valence-electron chi connectivity index (χ3n) is 2.82. The molecule has 1 aromatic carbocycles. The molecular weight excluding hydrogens is 212 g/mol. The number of ether oxygens (including phenoxy) is 1. The van der Waals surface area contributed by atoms with Crippen LogP contribution in [0.1, 0.15) is 29.7 Å². The molecule has 0 heterocycles. The molecule has 0 saturated carbocycles. The van der Waals surface area contributed by atoms with Crippen molar-refractivity contribution in [2.24, 2.45) is 5.73 Å². The summed E-state index contributed by atoms with van der Waals surface area (Å²) in [6.45, 7) is 7.71. The molecule has 0 radical (unpaired) electrons. The van der Waals surface area contributed by atoms with E-state index in [0.717, 1.165) is 17.9 Å². The minimum Gasteiger partial charge on any atom is -0.494 e. The fourth-order valence-corrected chi connectivity index (χ4v) is 2.01. The standard InChI is InChI=1S/C14H24N2O/c1-6-17-14-8-10(2)12(7-11(14)3)13(15)9-16(4)5/h7-8,13H,6,9,15H2,1-5H3. The van der Waals surface area contributed by atoms with Crippen LogP contribution < -0.4 is 10.5 Å². The number of hydrogen-bond donors (Lipinski definition) is 1. The first-order valence-corrected chi connectivity index (χ1v) is 6.10. The van der Waals surface area contributed by atoms with Gasteiger partial charge in [-0.1, -0.05) is 6.07 Å². The first-order valence-electron chi connectivity index (χ1n) is 6.10. The van der Waals surface area contributed by atoms with Crippen molar-refractivity contribution in [2.75, 3.05) is 27.2 Å². The van der Waals surface area contributed by atoms with Crippen LogP contribution >= 0.6 is 0 Å². The summed E-state index contributed by atoms with van der Waals surface area (Å²) < 4.78 is 5.58. The van der Waals surface area contributed by atoms with E-state index in [1.54, 1.807) is 0 Å². The van der Waals surface area contributed by atoms with Crippen LogP contribution in [0.15, 0.2) is 12.1 Å². The summed E-state index contributed by atoms with van der Waals surface area (Å²) in [6.07, 6.45) is 0. The molecule has 96 valence electrons. The molecule has 0 bridgehead atoms. The summed E-state index contributed by atoms with van der Waals surface area (Å²) in [5.41, 5.74) is 9.77. The van der Waals surface area contributed by atoms with Gasteiger partial charge in [-0.15, -0.1) is 0 Å². The lowest BCUT2D eigenvalue weighted by Crippen LogP contribution is -2.26. The van der Waals surface area contributed by atoms with E-state index >= 15 is 0 Å². The van der Waals surface area contributed by atoms with Gasteiger partial charge in [0.25, 0.3) is 0 Å². The van der Waals surface area contributed by atoms with Crippen molar-refractivity contribution >= 4 is 0 Å². The van der Waals surface area contributed by atoms with Crippen LogP contribution in [-0.2, 0) is 0 Å². The second kappa shape index (κ2) is 6.03. The number of hydrogen-bond acceptors (Lipinski definition) is 3. The molecule has 3 nitrogen and oxygen atoms in total. The highest BCUT2D eigenvalue weighted by atomic mass is 16.5. The number of rotatable bonds is 5. The summed E-state index contributed by atoms with van der Waals surface area (Å²) in [5.74, 6) is 0.964. The largest absolute Gasteiger partial charge is 0.494 e. The van der Waals surface area contributed by atoms with Crippen molar-refractivity contribution in [1.82, 2.24) is 4.90 Å². The second-order valence-electron chi connectivity index (χ2n) is 4.78. The van der Waals surface area contributed by atoms with Gasteiger partial charge < -0.3 is 15.4 Å². The van der Waals surface area contributed by atoms with Crippen LogP contribution in [-0.4, -0.2) is 32.1 Å². The van der Waals surface area contributed by atoms with E-state index in [1.807, 2.05) is 21.0 Å². The van der Waals surface area contributed by atoms with Gasteiger partial charge in [-0.05, 0) is 57.6 Å². The third-order valence-corrected chi connectivity index (χ3v) is 2.82. The molecule has 0 spiro atoms. The van der Waals surface area contributed by atoms with E-state index in [-0.39, 0.29) is 6.04 Å². The fraction of sp³-hybridized carbons (Fsp3) is 0.571.